The smallest absolute Gasteiger partial charge is 0.133 e. The van der Waals surface area contributed by atoms with Gasteiger partial charge >= 0.3 is 0 Å². The average Bonchev–Trinajstić information content (AvgIpc) is 3.34. The summed E-state index contributed by atoms with van der Waals surface area (Å²) in [6.07, 6.45) is 6.52. The highest BCUT2D eigenvalue weighted by molar-refractivity contribution is 5.79. The third kappa shape index (κ3) is 4.01. The van der Waals surface area contributed by atoms with E-state index in [9.17, 15) is 0 Å². The monoisotopic (exact) mass is 372 g/mol. The van der Waals surface area contributed by atoms with Gasteiger partial charge in [-0.1, -0.05) is 18.2 Å². The van der Waals surface area contributed by atoms with Gasteiger partial charge in [-0.3, -0.25) is 0 Å². The van der Waals surface area contributed by atoms with Gasteiger partial charge in [0.05, 0.1) is 23.9 Å². The van der Waals surface area contributed by atoms with E-state index in [1.165, 1.54) is 11.1 Å². The molecule has 0 atom stereocenters. The fourth-order valence-electron chi connectivity index (χ4n) is 3.22. The molecule has 0 aliphatic heterocycles. The SMILES string of the molecule is Cc1ccc(OCCCn2c(/C=C/c3ccco3)nc3ccccc32)cc1C. The van der Waals surface area contributed by atoms with Crippen LogP contribution in [0, 0.1) is 13.8 Å². The Morgan fingerprint density at radius 3 is 2.71 bits per heavy atom. The first-order valence-corrected chi connectivity index (χ1v) is 9.57. The Morgan fingerprint density at radius 1 is 1.00 bits per heavy atom. The third-order valence-corrected chi connectivity index (χ3v) is 4.90. The molecule has 0 amide bonds. The van der Waals surface area contributed by atoms with Crippen molar-refractivity contribution in [3.63, 3.8) is 0 Å². The molecule has 28 heavy (non-hydrogen) atoms. The maximum atomic E-state index is 5.94. The standard InChI is InChI=1S/C24H24N2O2/c1-18-10-11-21(17-19(18)2)28-16-6-14-26-23-9-4-3-8-22(23)25-24(26)13-12-20-7-5-15-27-20/h3-5,7-13,15,17H,6,14,16H2,1-2H3/b13-12+. The molecular weight excluding hydrogens is 348 g/mol. The predicted molar refractivity (Wildman–Crippen MR) is 113 cm³/mol. The summed E-state index contributed by atoms with van der Waals surface area (Å²) in [5.41, 5.74) is 4.66. The van der Waals surface area contributed by atoms with Crippen LogP contribution < -0.4 is 4.74 Å². The van der Waals surface area contributed by atoms with Crippen molar-refractivity contribution in [2.24, 2.45) is 0 Å². The van der Waals surface area contributed by atoms with Crippen LogP contribution in [-0.2, 0) is 6.54 Å². The van der Waals surface area contributed by atoms with Crippen molar-refractivity contribution < 1.29 is 9.15 Å². The molecule has 4 nitrogen and oxygen atoms in total. The van der Waals surface area contributed by atoms with Crippen molar-refractivity contribution in [3.8, 4) is 5.75 Å². The molecule has 0 saturated carbocycles. The summed E-state index contributed by atoms with van der Waals surface area (Å²) in [5, 5.41) is 0. The summed E-state index contributed by atoms with van der Waals surface area (Å²) >= 11 is 0. The van der Waals surface area contributed by atoms with E-state index < -0.39 is 0 Å². The van der Waals surface area contributed by atoms with E-state index in [0.29, 0.717) is 6.61 Å². The van der Waals surface area contributed by atoms with Gasteiger partial charge in [0.2, 0.25) is 0 Å². The molecule has 0 unspecified atom stereocenters. The molecule has 0 aliphatic carbocycles. The highest BCUT2D eigenvalue weighted by Crippen LogP contribution is 2.20. The van der Waals surface area contributed by atoms with Gasteiger partial charge in [-0.2, -0.15) is 0 Å². The lowest BCUT2D eigenvalue weighted by molar-refractivity contribution is 0.302. The third-order valence-electron chi connectivity index (χ3n) is 4.90. The van der Waals surface area contributed by atoms with E-state index in [4.69, 9.17) is 14.1 Å². The quantitative estimate of drug-likeness (QED) is 0.380. The van der Waals surface area contributed by atoms with Crippen LogP contribution in [0.15, 0.2) is 65.3 Å². The Bertz CT molecular complexity index is 1090. The second-order valence-electron chi connectivity index (χ2n) is 6.91. The number of rotatable bonds is 7. The largest absolute Gasteiger partial charge is 0.494 e. The molecule has 142 valence electrons. The van der Waals surface area contributed by atoms with E-state index in [0.717, 1.165) is 41.3 Å². The molecule has 0 spiro atoms. The van der Waals surface area contributed by atoms with Crippen LogP contribution >= 0.6 is 0 Å². The van der Waals surface area contributed by atoms with Gasteiger partial charge in [0.25, 0.3) is 0 Å². The first kappa shape index (κ1) is 18.1. The Balaban J connectivity index is 1.47. The van der Waals surface area contributed by atoms with Crippen molar-refractivity contribution >= 4 is 23.2 Å². The highest BCUT2D eigenvalue weighted by Gasteiger charge is 2.08. The van der Waals surface area contributed by atoms with Gasteiger partial charge in [-0.05, 0) is 79.9 Å². The molecule has 2 heterocycles. The first-order valence-electron chi connectivity index (χ1n) is 9.57. The summed E-state index contributed by atoms with van der Waals surface area (Å²) in [6, 6.07) is 18.3. The van der Waals surface area contributed by atoms with E-state index in [1.54, 1.807) is 6.26 Å². The van der Waals surface area contributed by atoms with Crippen molar-refractivity contribution in [2.75, 3.05) is 6.61 Å². The number of aromatic nitrogens is 2. The number of imidazole rings is 1. The number of benzene rings is 2. The van der Waals surface area contributed by atoms with Gasteiger partial charge in [-0.15, -0.1) is 0 Å². The van der Waals surface area contributed by atoms with E-state index in [2.05, 4.69) is 36.6 Å². The summed E-state index contributed by atoms with van der Waals surface area (Å²) in [4.78, 5) is 4.76. The van der Waals surface area contributed by atoms with E-state index >= 15 is 0 Å². The zero-order chi connectivity index (χ0) is 19.3. The molecule has 2 aromatic carbocycles. The highest BCUT2D eigenvalue weighted by atomic mass is 16.5. The number of hydrogen-bond donors (Lipinski definition) is 0. The number of para-hydroxylation sites is 2. The molecule has 0 bridgehead atoms. The van der Waals surface area contributed by atoms with Crippen LogP contribution in [0.2, 0.25) is 0 Å². The van der Waals surface area contributed by atoms with Gasteiger partial charge < -0.3 is 13.7 Å². The molecule has 0 saturated heterocycles. The van der Waals surface area contributed by atoms with Crippen LogP contribution in [-0.4, -0.2) is 16.2 Å². The summed E-state index contributed by atoms with van der Waals surface area (Å²) in [6.45, 7) is 5.72. The molecule has 4 aromatic rings. The maximum Gasteiger partial charge on any atom is 0.133 e. The number of nitrogens with zero attached hydrogens (tertiary/aromatic N) is 2. The minimum absolute atomic E-state index is 0.663. The second kappa shape index (κ2) is 8.17. The van der Waals surface area contributed by atoms with E-state index in [-0.39, 0.29) is 0 Å². The normalized spacial score (nSPS) is 11.5. The van der Waals surface area contributed by atoms with Crippen LogP contribution in [0.3, 0.4) is 0 Å². The number of furan rings is 1. The van der Waals surface area contributed by atoms with E-state index in [1.807, 2.05) is 48.6 Å². The molecule has 0 aliphatic rings. The van der Waals surface area contributed by atoms with Crippen LogP contribution in [0.4, 0.5) is 0 Å². The van der Waals surface area contributed by atoms with Gasteiger partial charge in [0.15, 0.2) is 0 Å². The zero-order valence-electron chi connectivity index (χ0n) is 16.3. The van der Waals surface area contributed by atoms with Gasteiger partial charge in [0, 0.05) is 6.54 Å². The minimum Gasteiger partial charge on any atom is -0.494 e. The molecule has 2 aromatic heterocycles. The fourth-order valence-corrected chi connectivity index (χ4v) is 3.22. The second-order valence-corrected chi connectivity index (χ2v) is 6.91. The lowest BCUT2D eigenvalue weighted by atomic mass is 10.1. The molecule has 0 N–H and O–H groups in total. The van der Waals surface area contributed by atoms with Gasteiger partial charge in [-0.25, -0.2) is 4.98 Å². The average molecular weight is 372 g/mol. The zero-order valence-corrected chi connectivity index (χ0v) is 16.3. The Kier molecular flexibility index (Phi) is 5.29. The number of aryl methyl sites for hydroxylation is 3. The molecule has 0 fully saturated rings. The van der Waals surface area contributed by atoms with Crippen molar-refractivity contribution in [3.05, 3.63) is 83.6 Å². The predicted octanol–water partition coefficient (Wildman–Crippen LogP) is 5.89. The van der Waals surface area contributed by atoms with Crippen molar-refractivity contribution in [1.29, 1.82) is 0 Å². The molecule has 0 radical (unpaired) electrons. The van der Waals surface area contributed by atoms with Crippen LogP contribution in [0.5, 0.6) is 5.75 Å². The van der Waals surface area contributed by atoms with Crippen molar-refractivity contribution in [2.45, 2.75) is 26.8 Å². The first-order chi connectivity index (χ1) is 13.7. The molecular formula is C24H24N2O2. The van der Waals surface area contributed by atoms with Crippen LogP contribution in [0.1, 0.15) is 29.1 Å². The molecule has 4 heteroatoms. The Hall–Kier alpha value is -3.27. The number of hydrogen-bond acceptors (Lipinski definition) is 3. The summed E-state index contributed by atoms with van der Waals surface area (Å²) in [7, 11) is 0. The summed E-state index contributed by atoms with van der Waals surface area (Å²) < 4.78 is 13.6. The topological polar surface area (TPSA) is 40.2 Å². The van der Waals surface area contributed by atoms with Crippen molar-refractivity contribution in [1.82, 2.24) is 9.55 Å². The van der Waals surface area contributed by atoms with Crippen LogP contribution in [0.25, 0.3) is 23.2 Å². The lowest BCUT2D eigenvalue weighted by Crippen LogP contribution is -2.06. The lowest BCUT2D eigenvalue weighted by Gasteiger charge is -2.10. The number of fused-ring (bicyclic) bond motifs is 1. The minimum atomic E-state index is 0.663. The maximum absolute atomic E-state index is 5.94. The van der Waals surface area contributed by atoms with Gasteiger partial charge in [0.1, 0.15) is 17.3 Å². The number of ether oxygens (including phenoxy) is 1. The fraction of sp³-hybridized carbons (Fsp3) is 0.208. The molecule has 4 rings (SSSR count). The Labute approximate surface area is 165 Å². The summed E-state index contributed by atoms with van der Waals surface area (Å²) in [5.74, 6) is 2.66. The Morgan fingerprint density at radius 2 is 1.89 bits per heavy atom.